The Balaban J connectivity index is 1.53. The Morgan fingerprint density at radius 1 is 0.633 bits per heavy atom. The molecule has 5 fully saturated rings. The van der Waals surface area contributed by atoms with E-state index in [0.717, 1.165) is 24.2 Å². The number of Topliss-reactive ketones (excluding diaryl/α,β-unsaturated/α-hetero) is 1. The van der Waals surface area contributed by atoms with Crippen LogP contribution in [0.2, 0.25) is 0 Å². The molecule has 5 saturated carbocycles. The van der Waals surface area contributed by atoms with E-state index in [1.165, 1.54) is 64.2 Å². The Labute approximate surface area is 186 Å². The van der Waals surface area contributed by atoms with Crippen LogP contribution in [-0.2, 0) is 4.79 Å². The molecule has 0 aromatic rings. The molecule has 5 aliphatic rings. The fourth-order valence-corrected chi connectivity index (χ4v) is 11.8. The molecule has 170 valence electrons. The summed E-state index contributed by atoms with van der Waals surface area (Å²) in [6, 6.07) is 0. The molecular formula is C29H48O. The summed E-state index contributed by atoms with van der Waals surface area (Å²) in [5, 5.41) is 0. The number of fused-ring (bicyclic) bond motifs is 7. The van der Waals surface area contributed by atoms with Gasteiger partial charge in [0.05, 0.1) is 0 Å². The SMILES string of the molecule is CC(=O)[C@@H]1CC[C@@]2(C)[C@H]1CC[C@]1(C)[C@H]2CC[C@@H]2[C@@]3(C)CCCC(C)(C)[C@@H]3CC[C@]21C. The van der Waals surface area contributed by atoms with Crippen molar-refractivity contribution in [1.29, 1.82) is 0 Å². The third kappa shape index (κ3) is 2.45. The number of carbonyl (C=O) groups is 1. The summed E-state index contributed by atoms with van der Waals surface area (Å²) in [5.74, 6) is 4.13. The molecule has 0 unspecified atom stereocenters. The second-order valence-corrected chi connectivity index (χ2v) is 14.4. The molecule has 0 N–H and O–H groups in total. The second kappa shape index (κ2) is 6.38. The van der Waals surface area contributed by atoms with Crippen molar-refractivity contribution in [1.82, 2.24) is 0 Å². The molecule has 0 bridgehead atoms. The molecule has 1 heteroatoms. The van der Waals surface area contributed by atoms with Gasteiger partial charge in [0.2, 0.25) is 0 Å². The highest BCUT2D eigenvalue weighted by molar-refractivity contribution is 5.79. The predicted molar refractivity (Wildman–Crippen MR) is 125 cm³/mol. The molecule has 0 amide bonds. The van der Waals surface area contributed by atoms with Gasteiger partial charge in [0.1, 0.15) is 5.78 Å². The van der Waals surface area contributed by atoms with E-state index in [1.54, 1.807) is 0 Å². The fraction of sp³-hybridized carbons (Fsp3) is 0.966. The Kier molecular flexibility index (Phi) is 4.57. The van der Waals surface area contributed by atoms with Crippen molar-refractivity contribution >= 4 is 5.78 Å². The normalized spacial score (nSPS) is 57.0. The van der Waals surface area contributed by atoms with E-state index < -0.39 is 0 Å². The largest absolute Gasteiger partial charge is 0.300 e. The average molecular weight is 413 g/mol. The molecular weight excluding hydrogens is 364 g/mol. The number of hydrogen-bond acceptors (Lipinski definition) is 1. The van der Waals surface area contributed by atoms with Crippen LogP contribution in [0.15, 0.2) is 0 Å². The van der Waals surface area contributed by atoms with E-state index in [4.69, 9.17) is 0 Å². The maximum Gasteiger partial charge on any atom is 0.133 e. The van der Waals surface area contributed by atoms with Crippen LogP contribution in [0.4, 0.5) is 0 Å². The van der Waals surface area contributed by atoms with Crippen LogP contribution >= 0.6 is 0 Å². The van der Waals surface area contributed by atoms with Crippen molar-refractivity contribution in [2.24, 2.45) is 56.7 Å². The van der Waals surface area contributed by atoms with E-state index >= 15 is 0 Å². The van der Waals surface area contributed by atoms with Crippen LogP contribution in [0.25, 0.3) is 0 Å². The monoisotopic (exact) mass is 412 g/mol. The van der Waals surface area contributed by atoms with Crippen molar-refractivity contribution in [3.63, 3.8) is 0 Å². The molecule has 0 aromatic heterocycles. The summed E-state index contributed by atoms with van der Waals surface area (Å²) in [7, 11) is 0. The molecule has 0 aromatic carbocycles. The highest BCUT2D eigenvalue weighted by Gasteiger charge is 2.70. The quantitative estimate of drug-likeness (QED) is 0.425. The Hall–Kier alpha value is -0.330. The van der Waals surface area contributed by atoms with Gasteiger partial charge >= 0.3 is 0 Å². The lowest BCUT2D eigenvalue weighted by molar-refractivity contribution is -0.240. The van der Waals surface area contributed by atoms with Gasteiger partial charge in [0.15, 0.2) is 0 Å². The van der Waals surface area contributed by atoms with Gasteiger partial charge in [-0.2, -0.15) is 0 Å². The van der Waals surface area contributed by atoms with Crippen LogP contribution in [0, 0.1) is 56.7 Å². The Morgan fingerprint density at radius 3 is 1.87 bits per heavy atom. The minimum Gasteiger partial charge on any atom is -0.300 e. The molecule has 0 spiro atoms. The summed E-state index contributed by atoms with van der Waals surface area (Å²) < 4.78 is 0. The molecule has 5 aliphatic carbocycles. The fourth-order valence-electron chi connectivity index (χ4n) is 11.8. The summed E-state index contributed by atoms with van der Waals surface area (Å²) >= 11 is 0. The van der Waals surface area contributed by atoms with E-state index in [-0.39, 0.29) is 0 Å². The number of hydrogen-bond donors (Lipinski definition) is 0. The highest BCUT2D eigenvalue weighted by Crippen LogP contribution is 2.77. The number of ketones is 1. The van der Waals surface area contributed by atoms with Crippen LogP contribution in [0.3, 0.4) is 0 Å². The standard InChI is InChI=1S/C29H48O/c1-19(30)20-11-16-26(4)21(20)12-17-28(6)23(26)9-10-24-27(5)15-8-14-25(2,3)22(27)13-18-29(24,28)7/h20-24H,8-18H2,1-7H3/t20-,21-,22-,23-,24+,26-,27-,28+,29+/m0/s1. The third-order valence-electron chi connectivity index (χ3n) is 13.2. The second-order valence-electron chi connectivity index (χ2n) is 14.4. The molecule has 0 saturated heterocycles. The van der Waals surface area contributed by atoms with E-state index in [9.17, 15) is 4.79 Å². The van der Waals surface area contributed by atoms with Gasteiger partial charge in [0.25, 0.3) is 0 Å². The van der Waals surface area contributed by atoms with Crippen LogP contribution < -0.4 is 0 Å². The first-order valence-corrected chi connectivity index (χ1v) is 13.4. The molecule has 0 radical (unpaired) electrons. The Bertz CT molecular complexity index is 737. The lowest BCUT2D eigenvalue weighted by atomic mass is 9.32. The summed E-state index contributed by atoms with van der Waals surface area (Å²) in [5.41, 5.74) is 2.41. The average Bonchev–Trinajstić information content (AvgIpc) is 2.99. The maximum absolute atomic E-state index is 12.4. The van der Waals surface area contributed by atoms with Crippen LogP contribution in [0.5, 0.6) is 0 Å². The third-order valence-corrected chi connectivity index (χ3v) is 13.2. The van der Waals surface area contributed by atoms with Crippen molar-refractivity contribution < 1.29 is 4.79 Å². The van der Waals surface area contributed by atoms with Crippen LogP contribution in [-0.4, -0.2) is 5.78 Å². The summed E-state index contributed by atoms with van der Waals surface area (Å²) in [6.07, 6.45) is 15.3. The van der Waals surface area contributed by atoms with E-state index in [0.29, 0.717) is 44.7 Å². The molecule has 30 heavy (non-hydrogen) atoms. The molecule has 0 aliphatic heterocycles. The summed E-state index contributed by atoms with van der Waals surface area (Å²) in [6.45, 7) is 17.8. The highest BCUT2D eigenvalue weighted by atomic mass is 16.1. The van der Waals surface area contributed by atoms with Gasteiger partial charge in [-0.15, -0.1) is 0 Å². The zero-order chi connectivity index (χ0) is 21.7. The van der Waals surface area contributed by atoms with E-state index in [2.05, 4.69) is 41.5 Å². The molecule has 0 heterocycles. The molecule has 9 atom stereocenters. The number of carbonyl (C=O) groups excluding carboxylic acids is 1. The van der Waals surface area contributed by atoms with Crippen molar-refractivity contribution in [2.45, 2.75) is 119 Å². The first-order chi connectivity index (χ1) is 13.9. The van der Waals surface area contributed by atoms with E-state index in [1.807, 2.05) is 6.92 Å². The van der Waals surface area contributed by atoms with Crippen LogP contribution in [0.1, 0.15) is 119 Å². The topological polar surface area (TPSA) is 17.1 Å². The minimum atomic E-state index is 0.359. The van der Waals surface area contributed by atoms with Crippen molar-refractivity contribution in [3.05, 3.63) is 0 Å². The molecule has 1 nitrogen and oxygen atoms in total. The zero-order valence-electron chi connectivity index (χ0n) is 21.1. The van der Waals surface area contributed by atoms with Gasteiger partial charge in [0, 0.05) is 5.92 Å². The lowest BCUT2D eigenvalue weighted by Gasteiger charge is -2.73. The molecule has 5 rings (SSSR count). The first kappa shape index (κ1) is 21.5. The van der Waals surface area contributed by atoms with Gasteiger partial charge in [-0.3, -0.25) is 4.79 Å². The van der Waals surface area contributed by atoms with Gasteiger partial charge in [-0.1, -0.05) is 48.0 Å². The van der Waals surface area contributed by atoms with Gasteiger partial charge < -0.3 is 0 Å². The van der Waals surface area contributed by atoms with Gasteiger partial charge in [-0.25, -0.2) is 0 Å². The summed E-state index contributed by atoms with van der Waals surface area (Å²) in [4.78, 5) is 12.4. The minimum absolute atomic E-state index is 0.359. The predicted octanol–water partition coefficient (Wildman–Crippen LogP) is 8.07. The lowest BCUT2D eigenvalue weighted by Crippen LogP contribution is -2.65. The number of rotatable bonds is 1. The maximum atomic E-state index is 12.4. The van der Waals surface area contributed by atoms with Crippen molar-refractivity contribution in [2.75, 3.05) is 0 Å². The Morgan fingerprint density at radius 2 is 1.23 bits per heavy atom. The smallest absolute Gasteiger partial charge is 0.133 e. The zero-order valence-corrected chi connectivity index (χ0v) is 21.1. The first-order valence-electron chi connectivity index (χ1n) is 13.4. The van der Waals surface area contributed by atoms with Gasteiger partial charge in [-0.05, 0) is 122 Å². The van der Waals surface area contributed by atoms with Crippen molar-refractivity contribution in [3.8, 4) is 0 Å².